The molecule has 0 unspecified atom stereocenters. The van der Waals surface area contributed by atoms with Crippen molar-refractivity contribution in [3.63, 3.8) is 0 Å². The number of nitrogens with one attached hydrogen (secondary N) is 1. The predicted molar refractivity (Wildman–Crippen MR) is 98.7 cm³/mol. The molecule has 130 valence electrons. The number of benzene rings is 1. The number of para-hydroxylation sites is 1. The average molecular weight is 329 g/mol. The van der Waals surface area contributed by atoms with Crippen LogP contribution in [0.2, 0.25) is 0 Å². The van der Waals surface area contributed by atoms with Crippen molar-refractivity contribution in [1.29, 1.82) is 0 Å². The van der Waals surface area contributed by atoms with E-state index in [1.54, 1.807) is 10.6 Å². The maximum absolute atomic E-state index is 12.8. The summed E-state index contributed by atoms with van der Waals surface area (Å²) in [6.45, 7) is 11.3. The van der Waals surface area contributed by atoms with Gasteiger partial charge in [0.05, 0.1) is 5.52 Å². The molecule has 0 spiro atoms. The van der Waals surface area contributed by atoms with Gasteiger partial charge in [0, 0.05) is 19.1 Å². The molecule has 1 aromatic heterocycles. The first-order valence-corrected chi connectivity index (χ1v) is 8.64. The first kappa shape index (κ1) is 18.2. The van der Waals surface area contributed by atoms with E-state index in [1.807, 2.05) is 38.1 Å². The Morgan fingerprint density at radius 3 is 2.50 bits per heavy atom. The topological polar surface area (TPSA) is 54.3 Å². The van der Waals surface area contributed by atoms with Gasteiger partial charge in [-0.2, -0.15) is 0 Å². The number of fused-ring (bicyclic) bond motifs is 1. The fourth-order valence-corrected chi connectivity index (χ4v) is 2.92. The highest BCUT2D eigenvalue weighted by Crippen LogP contribution is 2.17. The van der Waals surface area contributed by atoms with Gasteiger partial charge in [-0.15, -0.1) is 0 Å². The highest BCUT2D eigenvalue weighted by atomic mass is 16.2. The highest BCUT2D eigenvalue weighted by molar-refractivity contribution is 5.97. The quantitative estimate of drug-likeness (QED) is 0.850. The zero-order valence-electron chi connectivity index (χ0n) is 15.0. The van der Waals surface area contributed by atoms with Crippen molar-refractivity contribution in [2.75, 3.05) is 26.2 Å². The van der Waals surface area contributed by atoms with E-state index in [0.29, 0.717) is 6.54 Å². The van der Waals surface area contributed by atoms with Gasteiger partial charge in [0.25, 0.3) is 11.5 Å². The van der Waals surface area contributed by atoms with Crippen LogP contribution in [-0.4, -0.2) is 41.6 Å². The van der Waals surface area contributed by atoms with Crippen LogP contribution in [0.4, 0.5) is 0 Å². The van der Waals surface area contributed by atoms with Crippen molar-refractivity contribution < 1.29 is 4.79 Å². The Balaban J connectivity index is 2.30. The third-order valence-corrected chi connectivity index (χ3v) is 4.31. The Morgan fingerprint density at radius 1 is 1.21 bits per heavy atom. The second-order valence-electron chi connectivity index (χ2n) is 6.17. The van der Waals surface area contributed by atoms with E-state index >= 15 is 0 Å². The minimum atomic E-state index is -0.299. The molecule has 0 aliphatic rings. The third kappa shape index (κ3) is 3.85. The average Bonchev–Trinajstić information content (AvgIpc) is 2.57. The van der Waals surface area contributed by atoms with E-state index in [-0.39, 0.29) is 23.1 Å². The summed E-state index contributed by atoms with van der Waals surface area (Å²) in [6.07, 6.45) is 0. The molecule has 0 bridgehead atoms. The molecule has 0 aliphatic carbocycles. The standard InChI is InChI=1S/C19H27N3O2/c1-5-21(6-2)12-11-20-18(23)16-13-15-9-7-8-10-17(15)22(14(3)4)19(16)24/h7-10,13-14H,5-6,11-12H2,1-4H3,(H,20,23). The molecule has 24 heavy (non-hydrogen) atoms. The minimum Gasteiger partial charge on any atom is -0.351 e. The summed E-state index contributed by atoms with van der Waals surface area (Å²) in [4.78, 5) is 27.5. The van der Waals surface area contributed by atoms with E-state index in [0.717, 1.165) is 30.5 Å². The lowest BCUT2D eigenvalue weighted by atomic mass is 10.1. The van der Waals surface area contributed by atoms with E-state index in [9.17, 15) is 9.59 Å². The van der Waals surface area contributed by atoms with E-state index < -0.39 is 0 Å². The summed E-state index contributed by atoms with van der Waals surface area (Å²) in [6, 6.07) is 9.36. The van der Waals surface area contributed by atoms with E-state index in [2.05, 4.69) is 24.1 Å². The molecule has 0 saturated heterocycles. The summed E-state index contributed by atoms with van der Waals surface area (Å²) >= 11 is 0. The molecule has 1 heterocycles. The molecular weight excluding hydrogens is 302 g/mol. The Hall–Kier alpha value is -2.14. The van der Waals surface area contributed by atoms with Crippen molar-refractivity contribution in [2.45, 2.75) is 33.7 Å². The van der Waals surface area contributed by atoms with Crippen LogP contribution in [0.1, 0.15) is 44.1 Å². The molecule has 0 atom stereocenters. The molecule has 0 fully saturated rings. The maximum Gasteiger partial charge on any atom is 0.264 e. The third-order valence-electron chi connectivity index (χ3n) is 4.31. The number of rotatable bonds is 7. The maximum atomic E-state index is 12.8. The Kier molecular flexibility index (Phi) is 6.15. The largest absolute Gasteiger partial charge is 0.351 e. The van der Waals surface area contributed by atoms with Crippen molar-refractivity contribution in [1.82, 2.24) is 14.8 Å². The van der Waals surface area contributed by atoms with Crippen molar-refractivity contribution >= 4 is 16.8 Å². The van der Waals surface area contributed by atoms with Gasteiger partial charge in [0.2, 0.25) is 0 Å². The summed E-state index contributed by atoms with van der Waals surface area (Å²) in [7, 11) is 0. The molecule has 5 heteroatoms. The van der Waals surface area contributed by atoms with Crippen LogP contribution >= 0.6 is 0 Å². The first-order valence-electron chi connectivity index (χ1n) is 8.64. The van der Waals surface area contributed by atoms with Gasteiger partial charge >= 0.3 is 0 Å². The molecule has 2 aromatic rings. The van der Waals surface area contributed by atoms with Gasteiger partial charge < -0.3 is 14.8 Å². The van der Waals surface area contributed by atoms with Crippen LogP contribution in [0, 0.1) is 0 Å². The van der Waals surface area contributed by atoms with Gasteiger partial charge in [-0.1, -0.05) is 32.0 Å². The fraction of sp³-hybridized carbons (Fsp3) is 0.474. The molecular formula is C19H27N3O2. The van der Waals surface area contributed by atoms with Crippen LogP contribution in [0.5, 0.6) is 0 Å². The van der Waals surface area contributed by atoms with Gasteiger partial charge in [0.15, 0.2) is 0 Å². The van der Waals surface area contributed by atoms with E-state index in [1.165, 1.54) is 0 Å². The van der Waals surface area contributed by atoms with Gasteiger partial charge in [-0.3, -0.25) is 9.59 Å². The van der Waals surface area contributed by atoms with Crippen LogP contribution in [0.25, 0.3) is 10.9 Å². The molecule has 1 N–H and O–H groups in total. The SMILES string of the molecule is CCN(CC)CCNC(=O)c1cc2ccccc2n(C(C)C)c1=O. The monoisotopic (exact) mass is 329 g/mol. The van der Waals surface area contributed by atoms with Gasteiger partial charge in [-0.05, 0) is 44.5 Å². The number of nitrogens with zero attached hydrogens (tertiary/aromatic N) is 2. The normalized spacial score (nSPS) is 11.4. The van der Waals surface area contributed by atoms with Crippen molar-refractivity contribution in [3.05, 3.63) is 46.2 Å². The zero-order valence-corrected chi connectivity index (χ0v) is 15.0. The number of likely N-dealkylation sites (N-methyl/N-ethyl adjacent to an activating group) is 1. The summed E-state index contributed by atoms with van der Waals surface area (Å²) in [5, 5.41) is 3.78. The van der Waals surface area contributed by atoms with Crippen molar-refractivity contribution in [2.24, 2.45) is 0 Å². The number of aromatic nitrogens is 1. The molecule has 0 aliphatic heterocycles. The molecule has 1 aromatic carbocycles. The minimum absolute atomic E-state index is 0.00850. The summed E-state index contributed by atoms with van der Waals surface area (Å²) in [5.41, 5.74) is 0.836. The highest BCUT2D eigenvalue weighted by Gasteiger charge is 2.16. The molecule has 5 nitrogen and oxygen atoms in total. The number of hydrogen-bond donors (Lipinski definition) is 1. The lowest BCUT2D eigenvalue weighted by Gasteiger charge is -2.18. The van der Waals surface area contributed by atoms with Crippen LogP contribution < -0.4 is 10.9 Å². The molecule has 2 rings (SSSR count). The molecule has 1 amide bonds. The summed E-state index contributed by atoms with van der Waals surface area (Å²) in [5.74, 6) is -0.299. The van der Waals surface area contributed by atoms with Gasteiger partial charge in [0.1, 0.15) is 5.56 Å². The number of hydrogen-bond acceptors (Lipinski definition) is 3. The predicted octanol–water partition coefficient (Wildman–Crippen LogP) is 2.65. The fourth-order valence-electron chi connectivity index (χ4n) is 2.92. The second-order valence-corrected chi connectivity index (χ2v) is 6.17. The number of carbonyl (C=O) groups is 1. The second kappa shape index (κ2) is 8.11. The lowest BCUT2D eigenvalue weighted by molar-refractivity contribution is 0.0947. The number of carbonyl (C=O) groups excluding carboxylic acids is 1. The van der Waals surface area contributed by atoms with Gasteiger partial charge in [-0.25, -0.2) is 0 Å². The molecule has 0 radical (unpaired) electrons. The van der Waals surface area contributed by atoms with Crippen molar-refractivity contribution in [3.8, 4) is 0 Å². The smallest absolute Gasteiger partial charge is 0.264 e. The lowest BCUT2D eigenvalue weighted by Crippen LogP contribution is -2.38. The number of amides is 1. The van der Waals surface area contributed by atoms with Crippen LogP contribution in [0.3, 0.4) is 0 Å². The Labute approximate surface area is 143 Å². The Morgan fingerprint density at radius 2 is 1.88 bits per heavy atom. The summed E-state index contributed by atoms with van der Waals surface area (Å²) < 4.78 is 1.69. The zero-order chi connectivity index (χ0) is 17.7. The van der Waals surface area contributed by atoms with Crippen LogP contribution in [0.15, 0.2) is 35.1 Å². The van der Waals surface area contributed by atoms with Crippen LogP contribution in [-0.2, 0) is 0 Å². The first-order chi connectivity index (χ1) is 11.5. The number of pyridine rings is 1. The van der Waals surface area contributed by atoms with E-state index in [4.69, 9.17) is 0 Å². The Bertz CT molecular complexity index is 761. The molecule has 0 saturated carbocycles.